The fraction of sp³-hybridized carbons (Fsp3) is 0.625. The molecule has 1 saturated carbocycles. The van der Waals surface area contributed by atoms with Gasteiger partial charge >= 0.3 is 0 Å². The molecule has 1 fully saturated rings. The quantitative estimate of drug-likeness (QED) is 0.802. The maximum Gasteiger partial charge on any atom is 0.0380 e. The number of nitrogens with one attached hydrogen (secondary N) is 1. The summed E-state index contributed by atoms with van der Waals surface area (Å²) in [5.41, 5.74) is 3.44. The molecule has 0 saturated heterocycles. The van der Waals surface area contributed by atoms with E-state index in [1.54, 1.807) is 0 Å². The highest BCUT2D eigenvalue weighted by Gasteiger charge is 2.42. The van der Waals surface area contributed by atoms with Crippen molar-refractivity contribution in [1.82, 2.24) is 0 Å². The summed E-state index contributed by atoms with van der Waals surface area (Å²) < 4.78 is 0. The number of para-hydroxylation sites is 1. The normalized spacial score (nSPS) is 19.8. The molecule has 1 heteroatoms. The molecule has 1 unspecified atom stereocenters. The summed E-state index contributed by atoms with van der Waals surface area (Å²) in [7, 11) is 0. The Hall–Kier alpha value is -0.980. The molecule has 1 atom stereocenters. The van der Waals surface area contributed by atoms with Crippen LogP contribution in [-0.4, -0.2) is 6.04 Å². The van der Waals surface area contributed by atoms with Crippen molar-refractivity contribution in [2.45, 2.75) is 58.9 Å². The van der Waals surface area contributed by atoms with E-state index in [0.717, 1.165) is 0 Å². The average molecular weight is 231 g/mol. The summed E-state index contributed by atoms with van der Waals surface area (Å²) in [6, 6.07) is 9.27. The minimum Gasteiger partial charge on any atom is -0.382 e. The molecule has 2 rings (SSSR count). The molecular weight excluding hydrogens is 206 g/mol. The van der Waals surface area contributed by atoms with Gasteiger partial charge in [0.15, 0.2) is 0 Å². The van der Waals surface area contributed by atoms with Crippen molar-refractivity contribution in [3.8, 4) is 0 Å². The van der Waals surface area contributed by atoms with E-state index in [4.69, 9.17) is 0 Å². The van der Waals surface area contributed by atoms with Crippen LogP contribution in [0.4, 0.5) is 5.69 Å². The van der Waals surface area contributed by atoms with E-state index in [9.17, 15) is 0 Å². The van der Waals surface area contributed by atoms with E-state index >= 15 is 0 Å². The highest BCUT2D eigenvalue weighted by atomic mass is 14.9. The Balaban J connectivity index is 2.21. The predicted octanol–water partition coefficient (Wildman–Crippen LogP) is 4.58. The highest BCUT2D eigenvalue weighted by Crippen LogP contribution is 2.49. The van der Waals surface area contributed by atoms with Crippen molar-refractivity contribution in [1.29, 1.82) is 0 Å². The molecular formula is C16H25N. The monoisotopic (exact) mass is 231 g/mol. The first-order valence-electron chi connectivity index (χ1n) is 6.69. The van der Waals surface area contributed by atoms with Crippen LogP contribution in [0.25, 0.3) is 0 Å². The topological polar surface area (TPSA) is 12.0 Å². The molecule has 17 heavy (non-hydrogen) atoms. The Bertz CT molecular complexity index is 396. The van der Waals surface area contributed by atoms with Gasteiger partial charge in [0.1, 0.15) is 0 Å². The van der Waals surface area contributed by atoms with Gasteiger partial charge in [0.25, 0.3) is 0 Å². The molecule has 0 spiro atoms. The zero-order chi connectivity index (χ0) is 12.7. The summed E-state index contributed by atoms with van der Waals surface area (Å²) in [6.45, 7) is 11.5. The van der Waals surface area contributed by atoms with E-state index in [1.165, 1.54) is 24.1 Å². The van der Waals surface area contributed by atoms with Crippen LogP contribution in [0, 0.1) is 5.41 Å². The van der Waals surface area contributed by atoms with Gasteiger partial charge in [-0.1, -0.05) is 45.9 Å². The molecule has 0 aromatic heterocycles. The highest BCUT2D eigenvalue weighted by molar-refractivity contribution is 5.55. The molecule has 1 aliphatic rings. The van der Waals surface area contributed by atoms with Crippen molar-refractivity contribution in [2.75, 3.05) is 5.32 Å². The smallest absolute Gasteiger partial charge is 0.0380 e. The van der Waals surface area contributed by atoms with Gasteiger partial charge in [-0.25, -0.2) is 0 Å². The minimum atomic E-state index is 0.202. The van der Waals surface area contributed by atoms with Gasteiger partial charge in [0, 0.05) is 11.7 Å². The van der Waals surface area contributed by atoms with Crippen molar-refractivity contribution >= 4 is 5.69 Å². The molecule has 1 aromatic rings. The molecule has 0 radical (unpaired) electrons. The third-order valence-corrected chi connectivity index (χ3v) is 4.19. The van der Waals surface area contributed by atoms with Gasteiger partial charge in [0.05, 0.1) is 0 Å². The molecule has 1 aromatic carbocycles. The second kappa shape index (κ2) is 4.04. The van der Waals surface area contributed by atoms with Crippen LogP contribution in [0.5, 0.6) is 0 Å². The van der Waals surface area contributed by atoms with Crippen molar-refractivity contribution < 1.29 is 0 Å². The maximum atomic E-state index is 3.72. The van der Waals surface area contributed by atoms with Crippen molar-refractivity contribution in [3.05, 3.63) is 29.8 Å². The average Bonchev–Trinajstić information content (AvgIpc) is 2.97. The summed E-state index contributed by atoms with van der Waals surface area (Å²) in [5.74, 6) is 0. The second-order valence-corrected chi connectivity index (χ2v) is 6.82. The zero-order valence-corrected chi connectivity index (χ0v) is 11.8. The van der Waals surface area contributed by atoms with Crippen molar-refractivity contribution in [3.63, 3.8) is 0 Å². The third-order valence-electron chi connectivity index (χ3n) is 4.19. The van der Waals surface area contributed by atoms with Crippen LogP contribution < -0.4 is 5.32 Å². The molecule has 1 nitrogen and oxygen atoms in total. The Morgan fingerprint density at radius 1 is 1.18 bits per heavy atom. The van der Waals surface area contributed by atoms with Crippen LogP contribution in [0.1, 0.15) is 53.0 Å². The first kappa shape index (κ1) is 12.5. The fourth-order valence-corrected chi connectivity index (χ4v) is 2.30. The van der Waals surface area contributed by atoms with Crippen LogP contribution >= 0.6 is 0 Å². The lowest BCUT2D eigenvalue weighted by atomic mass is 9.85. The third kappa shape index (κ3) is 2.65. The number of hydrogen-bond donors (Lipinski definition) is 1. The fourth-order valence-electron chi connectivity index (χ4n) is 2.30. The second-order valence-electron chi connectivity index (χ2n) is 6.82. The molecule has 0 amide bonds. The molecule has 1 aliphatic carbocycles. The van der Waals surface area contributed by atoms with Gasteiger partial charge < -0.3 is 5.32 Å². The Labute approximate surface area is 106 Å². The van der Waals surface area contributed by atoms with Gasteiger partial charge in [-0.2, -0.15) is 0 Å². The van der Waals surface area contributed by atoms with Crippen molar-refractivity contribution in [2.24, 2.45) is 5.41 Å². The van der Waals surface area contributed by atoms with E-state index in [0.29, 0.717) is 11.5 Å². The van der Waals surface area contributed by atoms with Gasteiger partial charge in [0.2, 0.25) is 0 Å². The molecule has 0 bridgehead atoms. The summed E-state index contributed by atoms with van der Waals surface area (Å²) in [4.78, 5) is 0. The molecule has 0 heterocycles. The first-order valence-corrected chi connectivity index (χ1v) is 6.69. The van der Waals surface area contributed by atoms with E-state index < -0.39 is 0 Å². The molecule has 0 aliphatic heterocycles. The number of hydrogen-bond acceptors (Lipinski definition) is 1. The first-order chi connectivity index (χ1) is 7.83. The van der Waals surface area contributed by atoms with Gasteiger partial charge in [-0.15, -0.1) is 0 Å². The Morgan fingerprint density at radius 2 is 1.76 bits per heavy atom. The standard InChI is InChI=1S/C16H25N/c1-12(16(5)10-11-16)17-14-9-7-6-8-13(14)15(2,3)4/h6-9,12,17H,10-11H2,1-5H3. The van der Waals surface area contributed by atoms with E-state index in [-0.39, 0.29) is 5.41 Å². The number of rotatable bonds is 3. The molecule has 1 N–H and O–H groups in total. The van der Waals surface area contributed by atoms with E-state index in [1.807, 2.05) is 0 Å². The summed E-state index contributed by atoms with van der Waals surface area (Å²) >= 11 is 0. The van der Waals surface area contributed by atoms with E-state index in [2.05, 4.69) is 64.2 Å². The largest absolute Gasteiger partial charge is 0.382 e. The van der Waals surface area contributed by atoms with Crippen LogP contribution in [0.3, 0.4) is 0 Å². The van der Waals surface area contributed by atoms with Gasteiger partial charge in [-0.05, 0) is 42.2 Å². The maximum absolute atomic E-state index is 3.72. The number of benzene rings is 1. The lowest BCUT2D eigenvalue weighted by Crippen LogP contribution is -2.27. The van der Waals surface area contributed by atoms with Crippen LogP contribution in [0.15, 0.2) is 24.3 Å². The lowest BCUT2D eigenvalue weighted by molar-refractivity contribution is 0.491. The zero-order valence-electron chi connectivity index (χ0n) is 11.8. The lowest BCUT2D eigenvalue weighted by Gasteiger charge is -2.28. The summed E-state index contributed by atoms with van der Waals surface area (Å²) in [5, 5.41) is 3.72. The SMILES string of the molecule is CC(Nc1ccccc1C(C)(C)C)C1(C)CC1. The predicted molar refractivity (Wildman–Crippen MR) is 75.6 cm³/mol. The molecule has 94 valence electrons. The minimum absolute atomic E-state index is 0.202. The van der Waals surface area contributed by atoms with Gasteiger partial charge in [-0.3, -0.25) is 0 Å². The number of anilines is 1. The van der Waals surface area contributed by atoms with Crippen LogP contribution in [-0.2, 0) is 5.41 Å². The Morgan fingerprint density at radius 3 is 2.29 bits per heavy atom. The van der Waals surface area contributed by atoms with Crippen LogP contribution in [0.2, 0.25) is 0 Å². The Kier molecular flexibility index (Phi) is 2.97. The summed E-state index contributed by atoms with van der Waals surface area (Å²) in [6.07, 6.45) is 2.72.